The molecule has 0 radical (unpaired) electrons. The molecular formula is C7H11N5. The topological polar surface area (TPSA) is 67.4 Å². The van der Waals surface area contributed by atoms with Crippen LogP contribution in [0, 0.1) is 0 Å². The number of hydrogen-bond donors (Lipinski definition) is 1. The van der Waals surface area contributed by atoms with Crippen LogP contribution in [0.5, 0.6) is 0 Å². The Hall–Kier alpha value is -1.65. The van der Waals surface area contributed by atoms with Crippen molar-refractivity contribution < 1.29 is 0 Å². The molecule has 12 heavy (non-hydrogen) atoms. The number of amidine groups is 1. The highest BCUT2D eigenvalue weighted by molar-refractivity contribution is 5.95. The van der Waals surface area contributed by atoms with Gasteiger partial charge in [-0.3, -0.25) is 4.98 Å². The molecule has 0 aliphatic heterocycles. The number of nitrogens with zero attached hydrogens (tertiary/aromatic N) is 4. The lowest BCUT2D eigenvalue weighted by atomic mass is 10.4. The van der Waals surface area contributed by atoms with Crippen LogP contribution >= 0.6 is 0 Å². The maximum absolute atomic E-state index is 5.60. The maximum atomic E-state index is 5.60. The van der Waals surface area contributed by atoms with E-state index in [1.54, 1.807) is 37.7 Å². The van der Waals surface area contributed by atoms with Gasteiger partial charge in [-0.15, -0.1) is 0 Å². The van der Waals surface area contributed by atoms with Gasteiger partial charge in [0.05, 0.1) is 6.20 Å². The Bertz CT molecular complexity index is 266. The number of rotatable bonds is 2. The molecule has 1 rings (SSSR count). The first kappa shape index (κ1) is 8.45. The van der Waals surface area contributed by atoms with Crippen LogP contribution in [0.3, 0.4) is 0 Å². The number of hydrazone groups is 1. The summed E-state index contributed by atoms with van der Waals surface area (Å²) in [6.45, 7) is 0. The van der Waals surface area contributed by atoms with E-state index in [-0.39, 0.29) is 0 Å². The zero-order valence-corrected chi connectivity index (χ0v) is 7.10. The molecule has 0 unspecified atom stereocenters. The summed E-state index contributed by atoms with van der Waals surface area (Å²) in [5.41, 5.74) is 6.19. The Kier molecular flexibility index (Phi) is 2.57. The fourth-order valence-electron chi connectivity index (χ4n) is 0.698. The minimum atomic E-state index is 0.369. The first-order chi connectivity index (χ1) is 5.70. The molecule has 64 valence electrons. The summed E-state index contributed by atoms with van der Waals surface area (Å²) in [5, 5.41) is 5.59. The largest absolute Gasteiger partial charge is 0.380 e. The van der Waals surface area contributed by atoms with Gasteiger partial charge in [0.1, 0.15) is 5.69 Å². The van der Waals surface area contributed by atoms with Gasteiger partial charge in [0.15, 0.2) is 5.84 Å². The third kappa shape index (κ3) is 2.19. The van der Waals surface area contributed by atoms with Crippen LogP contribution in [0.1, 0.15) is 5.69 Å². The van der Waals surface area contributed by atoms with Crippen LogP contribution in [-0.2, 0) is 0 Å². The van der Waals surface area contributed by atoms with Crippen molar-refractivity contribution in [1.82, 2.24) is 15.0 Å². The fourth-order valence-corrected chi connectivity index (χ4v) is 0.698. The van der Waals surface area contributed by atoms with Crippen LogP contribution < -0.4 is 5.73 Å². The van der Waals surface area contributed by atoms with Crippen LogP contribution in [0.4, 0.5) is 0 Å². The molecule has 0 fully saturated rings. The summed E-state index contributed by atoms with van der Waals surface area (Å²) in [6, 6.07) is 0. The van der Waals surface area contributed by atoms with E-state index in [1.165, 1.54) is 0 Å². The molecule has 0 bridgehead atoms. The van der Waals surface area contributed by atoms with Crippen molar-refractivity contribution >= 4 is 5.84 Å². The van der Waals surface area contributed by atoms with Crippen molar-refractivity contribution in [3.05, 3.63) is 24.3 Å². The molecule has 0 saturated carbocycles. The molecule has 0 aliphatic carbocycles. The van der Waals surface area contributed by atoms with Crippen molar-refractivity contribution in [3.8, 4) is 0 Å². The number of aromatic nitrogens is 2. The van der Waals surface area contributed by atoms with E-state index < -0.39 is 0 Å². The van der Waals surface area contributed by atoms with Crippen LogP contribution in [0.2, 0.25) is 0 Å². The van der Waals surface area contributed by atoms with Gasteiger partial charge >= 0.3 is 0 Å². The Morgan fingerprint density at radius 1 is 1.50 bits per heavy atom. The summed E-state index contributed by atoms with van der Waals surface area (Å²) in [6.07, 6.45) is 4.74. The standard InChI is InChI=1S/C7H11N5/c1-12(2)11-7(8)6-5-9-3-4-10-6/h3-5H,1-2H3,(H2,8,11). The Morgan fingerprint density at radius 2 is 2.25 bits per heavy atom. The average molecular weight is 165 g/mol. The van der Waals surface area contributed by atoms with Crippen molar-refractivity contribution in [3.63, 3.8) is 0 Å². The van der Waals surface area contributed by atoms with E-state index in [1.807, 2.05) is 0 Å². The Morgan fingerprint density at radius 3 is 2.75 bits per heavy atom. The van der Waals surface area contributed by atoms with E-state index >= 15 is 0 Å². The zero-order valence-electron chi connectivity index (χ0n) is 7.10. The van der Waals surface area contributed by atoms with Gasteiger partial charge in [0, 0.05) is 26.5 Å². The van der Waals surface area contributed by atoms with Gasteiger partial charge in [0.2, 0.25) is 0 Å². The van der Waals surface area contributed by atoms with Gasteiger partial charge in [-0.2, -0.15) is 5.10 Å². The Labute approximate surface area is 70.9 Å². The van der Waals surface area contributed by atoms with E-state index in [2.05, 4.69) is 15.1 Å². The minimum Gasteiger partial charge on any atom is -0.380 e. The molecule has 5 heteroatoms. The lowest BCUT2D eigenvalue weighted by Gasteiger charge is -2.05. The monoisotopic (exact) mass is 165 g/mol. The van der Waals surface area contributed by atoms with Crippen LogP contribution in [-0.4, -0.2) is 34.9 Å². The molecule has 5 nitrogen and oxygen atoms in total. The predicted octanol–water partition coefficient (Wildman–Crippen LogP) is -0.342. The third-order valence-electron chi connectivity index (χ3n) is 1.13. The summed E-state index contributed by atoms with van der Waals surface area (Å²) in [7, 11) is 3.59. The quantitative estimate of drug-likeness (QED) is 0.370. The summed E-state index contributed by atoms with van der Waals surface area (Å²) >= 11 is 0. The smallest absolute Gasteiger partial charge is 0.171 e. The average Bonchev–Trinajstić information content (AvgIpc) is 2.05. The number of nitrogens with two attached hydrogens (primary N) is 1. The van der Waals surface area contributed by atoms with Crippen molar-refractivity contribution in [1.29, 1.82) is 0 Å². The summed E-state index contributed by atoms with van der Waals surface area (Å²) < 4.78 is 0. The number of hydrogen-bond acceptors (Lipinski definition) is 4. The second kappa shape index (κ2) is 3.66. The molecule has 0 aromatic carbocycles. The first-order valence-electron chi connectivity index (χ1n) is 3.48. The molecule has 1 aromatic heterocycles. The van der Waals surface area contributed by atoms with Crippen LogP contribution in [0.25, 0.3) is 0 Å². The zero-order chi connectivity index (χ0) is 8.97. The second-order valence-electron chi connectivity index (χ2n) is 2.42. The maximum Gasteiger partial charge on any atom is 0.171 e. The fraction of sp³-hybridized carbons (Fsp3) is 0.286. The van der Waals surface area contributed by atoms with E-state index in [9.17, 15) is 0 Å². The molecule has 0 atom stereocenters. The minimum absolute atomic E-state index is 0.369. The SMILES string of the molecule is CN(C)/N=C(\N)c1cnccn1. The highest BCUT2D eigenvalue weighted by Crippen LogP contribution is 1.89. The van der Waals surface area contributed by atoms with Crippen molar-refractivity contribution in [2.75, 3.05) is 14.1 Å². The normalized spacial score (nSPS) is 11.3. The molecule has 0 saturated heterocycles. The summed E-state index contributed by atoms with van der Waals surface area (Å²) in [4.78, 5) is 7.86. The van der Waals surface area contributed by atoms with Crippen molar-refractivity contribution in [2.24, 2.45) is 10.8 Å². The lowest BCUT2D eigenvalue weighted by Crippen LogP contribution is -2.19. The van der Waals surface area contributed by atoms with Gasteiger partial charge in [-0.1, -0.05) is 0 Å². The second-order valence-corrected chi connectivity index (χ2v) is 2.42. The lowest BCUT2D eigenvalue weighted by molar-refractivity contribution is 0.437. The van der Waals surface area contributed by atoms with Gasteiger partial charge < -0.3 is 10.7 Å². The van der Waals surface area contributed by atoms with E-state index in [0.717, 1.165) is 0 Å². The Balaban J connectivity index is 2.85. The summed E-state index contributed by atoms with van der Waals surface area (Å²) in [5.74, 6) is 0.369. The molecule has 0 amide bonds. The van der Waals surface area contributed by atoms with E-state index in [0.29, 0.717) is 11.5 Å². The van der Waals surface area contributed by atoms with Crippen LogP contribution in [0.15, 0.2) is 23.7 Å². The molecule has 2 N–H and O–H groups in total. The highest BCUT2D eigenvalue weighted by atomic mass is 15.4. The van der Waals surface area contributed by atoms with Gasteiger partial charge in [-0.05, 0) is 0 Å². The third-order valence-corrected chi connectivity index (χ3v) is 1.13. The molecule has 1 heterocycles. The van der Waals surface area contributed by atoms with E-state index in [4.69, 9.17) is 5.73 Å². The predicted molar refractivity (Wildman–Crippen MR) is 46.4 cm³/mol. The molecule has 0 spiro atoms. The molecular weight excluding hydrogens is 154 g/mol. The molecule has 1 aromatic rings. The van der Waals surface area contributed by atoms with Gasteiger partial charge in [0.25, 0.3) is 0 Å². The van der Waals surface area contributed by atoms with Gasteiger partial charge in [-0.25, -0.2) is 4.98 Å². The highest BCUT2D eigenvalue weighted by Gasteiger charge is 1.98. The first-order valence-corrected chi connectivity index (χ1v) is 3.48. The molecule has 0 aliphatic rings. The van der Waals surface area contributed by atoms with Crippen molar-refractivity contribution in [2.45, 2.75) is 0 Å².